The Morgan fingerprint density at radius 2 is 2.47 bits per heavy atom. The van der Waals surface area contributed by atoms with Gasteiger partial charge in [-0.05, 0) is 25.5 Å². The van der Waals surface area contributed by atoms with Gasteiger partial charge in [-0.25, -0.2) is 0 Å². The highest BCUT2D eigenvalue weighted by Gasteiger charge is 2.37. The molecule has 1 aliphatic rings. The molecule has 0 radical (unpaired) electrons. The third-order valence-corrected chi connectivity index (χ3v) is 2.88. The van der Waals surface area contributed by atoms with Crippen LogP contribution in [0.5, 0.6) is 0 Å². The number of ether oxygens (including phenoxy) is 1. The van der Waals surface area contributed by atoms with Crippen molar-refractivity contribution in [3.8, 4) is 0 Å². The minimum absolute atomic E-state index is 0.168. The van der Waals surface area contributed by atoms with Crippen LogP contribution in [0.1, 0.15) is 17.8 Å². The largest absolute Gasteiger partial charge is 0.379 e. The van der Waals surface area contributed by atoms with Crippen molar-refractivity contribution < 1.29 is 9.53 Å². The number of carbonyl (C=O) groups is 1. The van der Waals surface area contributed by atoms with E-state index >= 15 is 0 Å². The molecule has 2 heterocycles. The van der Waals surface area contributed by atoms with Gasteiger partial charge in [0.2, 0.25) is 5.91 Å². The third-order valence-electron chi connectivity index (χ3n) is 2.88. The Hall–Kier alpha value is -1.46. The fourth-order valence-electron chi connectivity index (χ4n) is 1.80. The van der Waals surface area contributed by atoms with Crippen molar-refractivity contribution >= 4 is 5.91 Å². The molecule has 1 atom stereocenters. The Bertz CT molecular complexity index is 414. The van der Waals surface area contributed by atoms with E-state index in [2.05, 4.69) is 10.3 Å². The molecule has 0 aromatic carbocycles. The van der Waals surface area contributed by atoms with Crippen LogP contribution >= 0.6 is 0 Å². The molecule has 92 valence electrons. The van der Waals surface area contributed by atoms with Crippen LogP contribution in [0.4, 0.5) is 0 Å². The minimum Gasteiger partial charge on any atom is -0.379 e. The molecule has 0 aliphatic carbocycles. The average Bonchev–Trinajstić information content (AvgIpc) is 2.74. The summed E-state index contributed by atoms with van der Waals surface area (Å²) >= 11 is 0. The molecule has 0 bridgehead atoms. The second-order valence-electron chi connectivity index (χ2n) is 4.41. The number of aromatic nitrogens is 1. The Labute approximate surface area is 100 Å². The normalized spacial score (nSPS) is 23.6. The van der Waals surface area contributed by atoms with E-state index in [-0.39, 0.29) is 5.91 Å². The second kappa shape index (κ2) is 4.81. The lowest BCUT2D eigenvalue weighted by molar-refractivity contribution is -0.126. The summed E-state index contributed by atoms with van der Waals surface area (Å²) in [5, 5.41) is 2.80. The SMILES string of the molecule is Cc1cccc(CNC(=O)C2(N)CCOC2)n1. The van der Waals surface area contributed by atoms with Gasteiger partial charge in [0.05, 0.1) is 18.8 Å². The van der Waals surface area contributed by atoms with E-state index in [9.17, 15) is 4.79 Å². The maximum atomic E-state index is 11.9. The van der Waals surface area contributed by atoms with E-state index in [1.807, 2.05) is 25.1 Å². The quantitative estimate of drug-likeness (QED) is 0.780. The Morgan fingerprint density at radius 1 is 1.65 bits per heavy atom. The second-order valence-corrected chi connectivity index (χ2v) is 4.41. The molecular weight excluding hydrogens is 218 g/mol. The smallest absolute Gasteiger partial charge is 0.242 e. The lowest BCUT2D eigenvalue weighted by atomic mass is 9.99. The number of rotatable bonds is 3. The molecule has 2 rings (SSSR count). The first-order valence-electron chi connectivity index (χ1n) is 5.68. The molecular formula is C12H17N3O2. The minimum atomic E-state index is -0.871. The molecule has 17 heavy (non-hydrogen) atoms. The van der Waals surface area contributed by atoms with Gasteiger partial charge in [-0.15, -0.1) is 0 Å². The number of hydrogen-bond acceptors (Lipinski definition) is 4. The first kappa shape index (κ1) is 12.0. The van der Waals surface area contributed by atoms with Gasteiger partial charge < -0.3 is 15.8 Å². The number of aryl methyl sites for hydroxylation is 1. The fraction of sp³-hybridized carbons (Fsp3) is 0.500. The Balaban J connectivity index is 1.92. The summed E-state index contributed by atoms with van der Waals surface area (Å²) in [6.45, 7) is 3.16. The predicted molar refractivity (Wildman–Crippen MR) is 63.2 cm³/mol. The van der Waals surface area contributed by atoms with Crippen LogP contribution < -0.4 is 11.1 Å². The van der Waals surface area contributed by atoms with E-state index in [0.717, 1.165) is 11.4 Å². The van der Waals surface area contributed by atoms with Crippen molar-refractivity contribution in [3.05, 3.63) is 29.6 Å². The van der Waals surface area contributed by atoms with Gasteiger partial charge in [0.25, 0.3) is 0 Å². The van der Waals surface area contributed by atoms with Crippen LogP contribution in [-0.2, 0) is 16.1 Å². The first-order valence-corrected chi connectivity index (χ1v) is 5.68. The Kier molecular flexibility index (Phi) is 3.40. The van der Waals surface area contributed by atoms with Crippen LogP contribution in [0.2, 0.25) is 0 Å². The highest BCUT2D eigenvalue weighted by atomic mass is 16.5. The molecule has 5 heteroatoms. The van der Waals surface area contributed by atoms with E-state index in [1.165, 1.54) is 0 Å². The van der Waals surface area contributed by atoms with Gasteiger partial charge in [-0.3, -0.25) is 9.78 Å². The number of hydrogen-bond donors (Lipinski definition) is 2. The highest BCUT2D eigenvalue weighted by molar-refractivity contribution is 5.86. The van der Waals surface area contributed by atoms with Crippen LogP contribution in [0, 0.1) is 6.92 Å². The maximum Gasteiger partial charge on any atom is 0.242 e. The van der Waals surface area contributed by atoms with Gasteiger partial charge in [0, 0.05) is 12.3 Å². The zero-order valence-electron chi connectivity index (χ0n) is 9.90. The molecule has 1 aliphatic heterocycles. The zero-order valence-corrected chi connectivity index (χ0v) is 9.90. The molecule has 1 saturated heterocycles. The summed E-state index contributed by atoms with van der Waals surface area (Å²) in [6.07, 6.45) is 0.570. The molecule has 0 saturated carbocycles. The lowest BCUT2D eigenvalue weighted by Crippen LogP contribution is -2.54. The van der Waals surface area contributed by atoms with Crippen LogP contribution in [0.25, 0.3) is 0 Å². The summed E-state index contributed by atoms with van der Waals surface area (Å²) < 4.78 is 5.15. The van der Waals surface area contributed by atoms with Gasteiger partial charge in [0.15, 0.2) is 0 Å². The summed E-state index contributed by atoms with van der Waals surface area (Å²) in [7, 11) is 0. The van der Waals surface area contributed by atoms with Crippen LogP contribution in [0.15, 0.2) is 18.2 Å². The van der Waals surface area contributed by atoms with Crippen LogP contribution in [-0.4, -0.2) is 29.6 Å². The number of nitrogens with two attached hydrogens (primary N) is 1. The van der Waals surface area contributed by atoms with Crippen LogP contribution in [0.3, 0.4) is 0 Å². The molecule has 1 unspecified atom stereocenters. The van der Waals surface area contributed by atoms with Gasteiger partial charge in [-0.2, -0.15) is 0 Å². The van der Waals surface area contributed by atoms with Crippen molar-refractivity contribution in [2.45, 2.75) is 25.4 Å². The van der Waals surface area contributed by atoms with Crippen molar-refractivity contribution in [3.63, 3.8) is 0 Å². The van der Waals surface area contributed by atoms with Gasteiger partial charge in [-0.1, -0.05) is 6.07 Å². The number of amides is 1. The number of carbonyl (C=O) groups excluding carboxylic acids is 1. The average molecular weight is 235 g/mol. The van der Waals surface area contributed by atoms with Crippen molar-refractivity contribution in [2.24, 2.45) is 5.73 Å². The monoisotopic (exact) mass is 235 g/mol. The maximum absolute atomic E-state index is 11.9. The topological polar surface area (TPSA) is 77.2 Å². The van der Waals surface area contributed by atoms with E-state index in [1.54, 1.807) is 0 Å². The number of pyridine rings is 1. The molecule has 1 aromatic rings. The van der Waals surface area contributed by atoms with Crippen molar-refractivity contribution in [2.75, 3.05) is 13.2 Å². The summed E-state index contributed by atoms with van der Waals surface area (Å²) in [6, 6.07) is 5.71. The predicted octanol–water partition coefficient (Wildman–Crippen LogP) is 0.124. The number of nitrogens with one attached hydrogen (secondary N) is 1. The molecule has 0 spiro atoms. The molecule has 5 nitrogen and oxygen atoms in total. The van der Waals surface area contributed by atoms with Crippen molar-refractivity contribution in [1.82, 2.24) is 10.3 Å². The molecule has 1 amide bonds. The first-order chi connectivity index (χ1) is 8.10. The molecule has 1 aromatic heterocycles. The fourth-order valence-corrected chi connectivity index (χ4v) is 1.80. The van der Waals surface area contributed by atoms with Gasteiger partial charge >= 0.3 is 0 Å². The lowest BCUT2D eigenvalue weighted by Gasteiger charge is -2.20. The zero-order chi connectivity index (χ0) is 12.3. The third kappa shape index (κ3) is 2.81. The number of nitrogens with zero attached hydrogens (tertiary/aromatic N) is 1. The van der Waals surface area contributed by atoms with Crippen molar-refractivity contribution in [1.29, 1.82) is 0 Å². The van der Waals surface area contributed by atoms with Gasteiger partial charge in [0.1, 0.15) is 5.54 Å². The summed E-state index contributed by atoms with van der Waals surface area (Å²) in [4.78, 5) is 16.2. The molecule has 1 fully saturated rings. The Morgan fingerprint density at radius 3 is 3.12 bits per heavy atom. The summed E-state index contributed by atoms with van der Waals surface area (Å²) in [5.74, 6) is -0.168. The van der Waals surface area contributed by atoms with E-state index in [0.29, 0.717) is 26.2 Å². The van der Waals surface area contributed by atoms with E-state index < -0.39 is 5.54 Å². The summed E-state index contributed by atoms with van der Waals surface area (Å²) in [5.41, 5.74) is 6.84. The standard InChI is InChI=1S/C12H17N3O2/c1-9-3-2-4-10(15-9)7-14-11(16)12(13)5-6-17-8-12/h2-4H,5-8,13H2,1H3,(H,14,16). The molecule has 3 N–H and O–H groups in total. The van der Waals surface area contributed by atoms with E-state index in [4.69, 9.17) is 10.5 Å². The highest BCUT2D eigenvalue weighted by Crippen LogP contribution is 2.15.